The van der Waals surface area contributed by atoms with Crippen LogP contribution in [0.25, 0.3) is 11.5 Å². The van der Waals surface area contributed by atoms with Gasteiger partial charge in [0.15, 0.2) is 0 Å². The summed E-state index contributed by atoms with van der Waals surface area (Å²) in [4.78, 5) is 0. The summed E-state index contributed by atoms with van der Waals surface area (Å²) in [6.45, 7) is 3.72. The highest BCUT2D eigenvalue weighted by Crippen LogP contribution is 2.28. The Labute approximate surface area is 142 Å². The zero-order valence-electron chi connectivity index (χ0n) is 13.5. The number of nitrogens with zero attached hydrogens (tertiary/aromatic N) is 3. The van der Waals surface area contributed by atoms with Crippen LogP contribution in [0, 0.1) is 23.0 Å². The van der Waals surface area contributed by atoms with Gasteiger partial charge in [0.1, 0.15) is 11.6 Å². The van der Waals surface area contributed by atoms with Crippen molar-refractivity contribution in [1.29, 1.82) is 5.26 Å². The molecule has 0 spiro atoms. The van der Waals surface area contributed by atoms with Crippen molar-refractivity contribution in [2.75, 3.05) is 5.32 Å². The topological polar surface area (TPSA) is 74.7 Å². The van der Waals surface area contributed by atoms with E-state index < -0.39 is 11.4 Å². The molecule has 1 N–H and O–H groups in total. The zero-order valence-corrected chi connectivity index (χ0v) is 13.5. The summed E-state index contributed by atoms with van der Waals surface area (Å²) in [5.74, 6) is -0.925. The van der Waals surface area contributed by atoms with E-state index in [2.05, 4.69) is 15.5 Å². The van der Waals surface area contributed by atoms with Crippen molar-refractivity contribution in [3.63, 3.8) is 0 Å². The number of nitriles is 1. The van der Waals surface area contributed by atoms with Crippen LogP contribution >= 0.6 is 0 Å². The largest absolute Gasteiger partial charge is 0.403 e. The van der Waals surface area contributed by atoms with Crippen LogP contribution in [0.5, 0.6) is 0 Å². The van der Waals surface area contributed by atoms with Crippen molar-refractivity contribution >= 4 is 6.01 Å². The number of halogens is 2. The Morgan fingerprint density at radius 1 is 1.08 bits per heavy atom. The molecule has 3 rings (SSSR count). The van der Waals surface area contributed by atoms with Gasteiger partial charge in [-0.3, -0.25) is 0 Å². The molecule has 0 saturated carbocycles. The molecule has 3 aromatic rings. The summed E-state index contributed by atoms with van der Waals surface area (Å²) in [7, 11) is 0. The van der Waals surface area contributed by atoms with Gasteiger partial charge in [0.25, 0.3) is 5.89 Å². The van der Waals surface area contributed by atoms with E-state index in [0.717, 1.165) is 5.56 Å². The number of hydrogen-bond donors (Lipinski definition) is 1. The third kappa shape index (κ3) is 3.48. The van der Waals surface area contributed by atoms with Crippen molar-refractivity contribution in [2.45, 2.75) is 19.4 Å². The van der Waals surface area contributed by atoms with Gasteiger partial charge in [-0.1, -0.05) is 17.2 Å². The molecular weight excluding hydrogens is 326 g/mol. The monoisotopic (exact) mass is 340 g/mol. The Hall–Kier alpha value is -3.27. The summed E-state index contributed by atoms with van der Waals surface area (Å²) in [5.41, 5.74) is 0.533. The molecule has 0 saturated heterocycles. The smallest absolute Gasteiger partial charge is 0.316 e. The number of rotatable bonds is 4. The Bertz CT molecular complexity index is 942. The minimum absolute atomic E-state index is 0.0352. The van der Waals surface area contributed by atoms with Crippen LogP contribution in [0.1, 0.15) is 25.0 Å². The molecule has 0 atom stereocenters. The van der Waals surface area contributed by atoms with Crippen LogP contribution in [0.15, 0.2) is 46.9 Å². The molecule has 126 valence electrons. The van der Waals surface area contributed by atoms with Gasteiger partial charge in [-0.05, 0) is 49.7 Å². The maximum atomic E-state index is 13.9. The van der Waals surface area contributed by atoms with Gasteiger partial charge in [-0.15, -0.1) is 5.10 Å². The summed E-state index contributed by atoms with van der Waals surface area (Å²) in [6.07, 6.45) is 0. The predicted octanol–water partition coefficient (Wildman–Crippen LogP) is 4.23. The third-order valence-electron chi connectivity index (χ3n) is 3.74. The lowest BCUT2D eigenvalue weighted by Gasteiger charge is -2.25. The summed E-state index contributed by atoms with van der Waals surface area (Å²) in [6, 6.07) is 11.9. The average Bonchev–Trinajstić information content (AvgIpc) is 3.03. The Kier molecular flexibility index (Phi) is 4.19. The van der Waals surface area contributed by atoms with Gasteiger partial charge in [-0.25, -0.2) is 8.78 Å². The van der Waals surface area contributed by atoms with Gasteiger partial charge in [0.05, 0.1) is 22.7 Å². The first-order chi connectivity index (χ1) is 11.9. The molecule has 0 bridgehead atoms. The van der Waals surface area contributed by atoms with Crippen LogP contribution in [-0.2, 0) is 5.54 Å². The van der Waals surface area contributed by atoms with E-state index in [4.69, 9.17) is 9.68 Å². The molecule has 0 aliphatic heterocycles. The molecule has 0 aliphatic rings. The number of hydrogen-bond acceptors (Lipinski definition) is 5. The van der Waals surface area contributed by atoms with Crippen LogP contribution in [-0.4, -0.2) is 10.2 Å². The van der Waals surface area contributed by atoms with Crippen molar-refractivity contribution in [1.82, 2.24) is 10.2 Å². The highest BCUT2D eigenvalue weighted by atomic mass is 19.1. The third-order valence-corrected chi connectivity index (χ3v) is 3.74. The highest BCUT2D eigenvalue weighted by molar-refractivity contribution is 5.57. The fourth-order valence-electron chi connectivity index (χ4n) is 2.35. The molecule has 1 aromatic heterocycles. The number of benzene rings is 2. The SMILES string of the molecule is CC(C)(Nc1nnc(-c2cc(C#N)ccc2F)o1)c1ccc(F)cc1. The standard InChI is InChI=1S/C18H14F2N4O/c1-18(2,12-4-6-13(19)7-5-12)22-17-24-23-16(25-17)14-9-11(10-21)3-8-15(14)20/h3-9H,1-2H3,(H,22,24). The molecule has 25 heavy (non-hydrogen) atoms. The fourth-order valence-corrected chi connectivity index (χ4v) is 2.35. The van der Waals surface area contributed by atoms with E-state index in [-0.39, 0.29) is 28.8 Å². The van der Waals surface area contributed by atoms with Crippen molar-refractivity contribution in [3.8, 4) is 17.5 Å². The lowest BCUT2D eigenvalue weighted by atomic mass is 9.94. The second-order valence-electron chi connectivity index (χ2n) is 5.98. The molecule has 0 unspecified atom stereocenters. The summed E-state index contributed by atoms with van der Waals surface area (Å²) < 4.78 is 32.5. The second kappa shape index (κ2) is 6.32. The molecule has 2 aromatic carbocycles. The van der Waals surface area contributed by atoms with Gasteiger partial charge < -0.3 is 9.73 Å². The van der Waals surface area contributed by atoms with Gasteiger partial charge in [0.2, 0.25) is 0 Å². The molecule has 0 fully saturated rings. The van der Waals surface area contributed by atoms with Gasteiger partial charge >= 0.3 is 6.01 Å². The quantitative estimate of drug-likeness (QED) is 0.769. The Morgan fingerprint density at radius 2 is 1.80 bits per heavy atom. The predicted molar refractivity (Wildman–Crippen MR) is 87.5 cm³/mol. The second-order valence-corrected chi connectivity index (χ2v) is 5.98. The van der Waals surface area contributed by atoms with E-state index in [1.54, 1.807) is 12.1 Å². The first kappa shape index (κ1) is 16.6. The minimum Gasteiger partial charge on any atom is -0.403 e. The first-order valence-electron chi connectivity index (χ1n) is 7.47. The molecule has 1 heterocycles. The summed E-state index contributed by atoms with van der Waals surface area (Å²) in [5, 5.41) is 19.7. The van der Waals surface area contributed by atoms with E-state index in [9.17, 15) is 8.78 Å². The number of anilines is 1. The van der Waals surface area contributed by atoms with Crippen LogP contribution in [0.3, 0.4) is 0 Å². The molecule has 0 radical (unpaired) electrons. The van der Waals surface area contributed by atoms with E-state index in [1.165, 1.54) is 30.3 Å². The van der Waals surface area contributed by atoms with E-state index in [0.29, 0.717) is 0 Å². The van der Waals surface area contributed by atoms with Crippen LogP contribution in [0.2, 0.25) is 0 Å². The lowest BCUT2D eigenvalue weighted by Crippen LogP contribution is -2.28. The zero-order chi connectivity index (χ0) is 18.0. The average molecular weight is 340 g/mol. The first-order valence-corrected chi connectivity index (χ1v) is 7.47. The Balaban J connectivity index is 1.87. The van der Waals surface area contributed by atoms with Gasteiger partial charge in [0, 0.05) is 0 Å². The fraction of sp³-hybridized carbons (Fsp3) is 0.167. The number of aromatic nitrogens is 2. The lowest BCUT2D eigenvalue weighted by molar-refractivity contribution is 0.523. The van der Waals surface area contributed by atoms with Crippen LogP contribution in [0.4, 0.5) is 14.8 Å². The minimum atomic E-state index is -0.620. The molecular formula is C18H14F2N4O. The highest BCUT2D eigenvalue weighted by Gasteiger charge is 2.23. The molecule has 0 aliphatic carbocycles. The molecule has 0 amide bonds. The Morgan fingerprint density at radius 3 is 2.48 bits per heavy atom. The number of nitrogens with one attached hydrogen (secondary N) is 1. The van der Waals surface area contributed by atoms with Crippen molar-refractivity contribution < 1.29 is 13.2 Å². The summed E-state index contributed by atoms with van der Waals surface area (Å²) >= 11 is 0. The van der Waals surface area contributed by atoms with Crippen molar-refractivity contribution in [3.05, 3.63) is 65.2 Å². The molecule has 7 heteroatoms. The van der Waals surface area contributed by atoms with Gasteiger partial charge in [-0.2, -0.15) is 5.26 Å². The maximum absolute atomic E-state index is 13.9. The van der Waals surface area contributed by atoms with E-state index in [1.807, 2.05) is 19.9 Å². The van der Waals surface area contributed by atoms with Crippen LogP contribution < -0.4 is 5.32 Å². The van der Waals surface area contributed by atoms with Crippen molar-refractivity contribution in [2.24, 2.45) is 0 Å². The van der Waals surface area contributed by atoms with E-state index >= 15 is 0 Å². The normalized spacial score (nSPS) is 11.2. The molecule has 5 nitrogen and oxygen atoms in total. The maximum Gasteiger partial charge on any atom is 0.316 e.